The van der Waals surface area contributed by atoms with E-state index in [2.05, 4.69) is 10.3 Å². The fourth-order valence-corrected chi connectivity index (χ4v) is 1.91. The molecule has 1 amide bonds. The lowest BCUT2D eigenvalue weighted by molar-refractivity contribution is 0.0285. The zero-order chi connectivity index (χ0) is 16.5. The molecule has 1 aromatic carbocycles. The van der Waals surface area contributed by atoms with Gasteiger partial charge in [0.25, 0.3) is 5.91 Å². The molecule has 0 radical (unpaired) electrons. The average Bonchev–Trinajstić information content (AvgIpc) is 2.61. The van der Waals surface area contributed by atoms with E-state index >= 15 is 0 Å². The smallest absolute Gasteiger partial charge is 0.251 e. The van der Waals surface area contributed by atoms with Crippen LogP contribution < -0.4 is 10.1 Å². The maximum atomic E-state index is 11.8. The number of aliphatic hydroxyl groups excluding tert-OH is 1. The molecule has 6 nitrogen and oxygen atoms in total. The van der Waals surface area contributed by atoms with Crippen molar-refractivity contribution in [1.82, 2.24) is 10.3 Å². The Hall–Kier alpha value is -2.44. The number of carbonyl (C=O) groups is 1. The van der Waals surface area contributed by atoms with E-state index in [0.29, 0.717) is 12.2 Å². The number of hydrogen-bond donors (Lipinski definition) is 2. The highest BCUT2D eigenvalue weighted by Crippen LogP contribution is 2.11. The largest absolute Gasteiger partial charge is 0.497 e. The van der Waals surface area contributed by atoms with Crippen molar-refractivity contribution in [1.29, 1.82) is 0 Å². The summed E-state index contributed by atoms with van der Waals surface area (Å²) in [4.78, 5) is 15.6. The molecule has 0 aliphatic heterocycles. The van der Waals surface area contributed by atoms with Crippen molar-refractivity contribution in [2.75, 3.05) is 20.3 Å². The minimum absolute atomic E-state index is 0.129. The summed E-state index contributed by atoms with van der Waals surface area (Å²) >= 11 is 0. The molecule has 0 saturated heterocycles. The van der Waals surface area contributed by atoms with Crippen molar-refractivity contribution in [3.63, 3.8) is 0 Å². The first-order valence-corrected chi connectivity index (χ1v) is 7.26. The van der Waals surface area contributed by atoms with Gasteiger partial charge in [-0.05, 0) is 29.8 Å². The number of aromatic nitrogens is 1. The summed E-state index contributed by atoms with van der Waals surface area (Å²) in [5.41, 5.74) is 1.49. The molecule has 0 unspecified atom stereocenters. The minimum atomic E-state index is -0.765. The number of carbonyl (C=O) groups excluding carboxylic acids is 1. The van der Waals surface area contributed by atoms with E-state index < -0.39 is 6.10 Å². The third kappa shape index (κ3) is 5.69. The summed E-state index contributed by atoms with van der Waals surface area (Å²) in [7, 11) is 1.61. The van der Waals surface area contributed by atoms with Crippen molar-refractivity contribution in [2.45, 2.75) is 12.7 Å². The van der Waals surface area contributed by atoms with Gasteiger partial charge < -0.3 is 19.9 Å². The van der Waals surface area contributed by atoms with E-state index in [4.69, 9.17) is 9.47 Å². The van der Waals surface area contributed by atoms with Gasteiger partial charge in [-0.3, -0.25) is 9.78 Å². The number of methoxy groups -OCH3 is 1. The first-order valence-electron chi connectivity index (χ1n) is 7.26. The molecule has 0 fully saturated rings. The highest BCUT2D eigenvalue weighted by atomic mass is 16.5. The highest BCUT2D eigenvalue weighted by molar-refractivity contribution is 5.93. The maximum absolute atomic E-state index is 11.8. The number of rotatable bonds is 8. The number of benzene rings is 1. The Labute approximate surface area is 135 Å². The third-order valence-electron chi connectivity index (χ3n) is 3.18. The first kappa shape index (κ1) is 16.9. The van der Waals surface area contributed by atoms with Crippen LogP contribution >= 0.6 is 0 Å². The molecule has 0 aliphatic carbocycles. The zero-order valence-electron chi connectivity index (χ0n) is 12.9. The Morgan fingerprint density at radius 1 is 1.22 bits per heavy atom. The molecule has 23 heavy (non-hydrogen) atoms. The molecule has 122 valence electrons. The van der Waals surface area contributed by atoms with Crippen LogP contribution in [-0.2, 0) is 11.3 Å². The third-order valence-corrected chi connectivity index (χ3v) is 3.18. The standard InChI is InChI=1S/C17H20N2O4/c1-22-16-4-2-13(3-5-16)11-23-12-15(20)10-19-17(21)14-6-8-18-9-7-14/h2-9,15,20H,10-12H2,1H3,(H,19,21)/t15-/m1/s1. The summed E-state index contributed by atoms with van der Waals surface area (Å²) in [6.07, 6.45) is 2.33. The summed E-state index contributed by atoms with van der Waals surface area (Å²) in [5, 5.41) is 12.5. The van der Waals surface area contributed by atoms with E-state index in [-0.39, 0.29) is 19.1 Å². The van der Waals surface area contributed by atoms with Gasteiger partial charge in [-0.1, -0.05) is 12.1 Å². The number of amides is 1. The van der Waals surface area contributed by atoms with E-state index in [9.17, 15) is 9.90 Å². The monoisotopic (exact) mass is 316 g/mol. The van der Waals surface area contributed by atoms with Gasteiger partial charge in [0, 0.05) is 24.5 Å². The predicted octanol–water partition coefficient (Wildman–Crippen LogP) is 1.40. The summed E-state index contributed by atoms with van der Waals surface area (Å²) in [6, 6.07) is 10.7. The molecule has 2 N–H and O–H groups in total. The molecule has 0 aliphatic rings. The normalized spacial score (nSPS) is 11.7. The van der Waals surface area contributed by atoms with Crippen molar-refractivity contribution < 1.29 is 19.4 Å². The fraction of sp³-hybridized carbons (Fsp3) is 0.294. The van der Waals surface area contributed by atoms with Gasteiger partial charge in [0.2, 0.25) is 0 Å². The molecule has 1 heterocycles. The molecule has 1 aromatic heterocycles. The molecule has 2 rings (SSSR count). The molecule has 0 spiro atoms. The minimum Gasteiger partial charge on any atom is -0.497 e. The lowest BCUT2D eigenvalue weighted by atomic mass is 10.2. The summed E-state index contributed by atoms with van der Waals surface area (Å²) in [5.74, 6) is 0.536. The zero-order valence-corrected chi connectivity index (χ0v) is 12.9. The molecule has 2 aromatic rings. The Balaban J connectivity index is 1.66. The second-order valence-corrected chi connectivity index (χ2v) is 4.96. The molecular formula is C17H20N2O4. The van der Waals surface area contributed by atoms with Gasteiger partial charge in [0.05, 0.1) is 26.4 Å². The highest BCUT2D eigenvalue weighted by Gasteiger charge is 2.09. The van der Waals surface area contributed by atoms with Crippen LogP contribution in [-0.4, -0.2) is 42.4 Å². The van der Waals surface area contributed by atoms with Crippen LogP contribution in [0.5, 0.6) is 5.75 Å². The van der Waals surface area contributed by atoms with Crippen molar-refractivity contribution in [2.24, 2.45) is 0 Å². The molecule has 6 heteroatoms. The SMILES string of the molecule is COc1ccc(COC[C@H](O)CNC(=O)c2ccncc2)cc1. The van der Waals surface area contributed by atoms with Crippen molar-refractivity contribution >= 4 is 5.91 Å². The number of nitrogens with one attached hydrogen (secondary N) is 1. The quantitative estimate of drug-likeness (QED) is 0.769. The van der Waals surface area contributed by atoms with Crippen LogP contribution in [0.4, 0.5) is 0 Å². The Morgan fingerprint density at radius 3 is 2.57 bits per heavy atom. The molecular weight excluding hydrogens is 296 g/mol. The van der Waals surface area contributed by atoms with Gasteiger partial charge in [0.1, 0.15) is 5.75 Å². The Bertz CT molecular complexity index is 602. The van der Waals surface area contributed by atoms with Crippen LogP contribution in [0.1, 0.15) is 15.9 Å². The van der Waals surface area contributed by atoms with E-state index in [0.717, 1.165) is 11.3 Å². The summed E-state index contributed by atoms with van der Waals surface area (Å²) in [6.45, 7) is 0.659. The number of nitrogens with zero attached hydrogens (tertiary/aromatic N) is 1. The fourth-order valence-electron chi connectivity index (χ4n) is 1.91. The van der Waals surface area contributed by atoms with Gasteiger partial charge >= 0.3 is 0 Å². The van der Waals surface area contributed by atoms with Crippen LogP contribution in [0.25, 0.3) is 0 Å². The topological polar surface area (TPSA) is 80.7 Å². The number of ether oxygens (including phenoxy) is 2. The lowest BCUT2D eigenvalue weighted by Gasteiger charge is -2.12. The Morgan fingerprint density at radius 2 is 1.91 bits per heavy atom. The number of pyridine rings is 1. The first-order chi connectivity index (χ1) is 11.2. The van der Waals surface area contributed by atoms with E-state index in [1.165, 1.54) is 0 Å². The second kappa shape index (κ2) is 8.87. The number of hydrogen-bond acceptors (Lipinski definition) is 5. The van der Waals surface area contributed by atoms with Gasteiger partial charge in [-0.15, -0.1) is 0 Å². The Kier molecular flexibility index (Phi) is 6.53. The van der Waals surface area contributed by atoms with Gasteiger partial charge in [-0.2, -0.15) is 0 Å². The van der Waals surface area contributed by atoms with Gasteiger partial charge in [-0.25, -0.2) is 0 Å². The maximum Gasteiger partial charge on any atom is 0.251 e. The van der Waals surface area contributed by atoms with Crippen LogP contribution in [0, 0.1) is 0 Å². The van der Waals surface area contributed by atoms with Gasteiger partial charge in [0.15, 0.2) is 0 Å². The molecule has 1 atom stereocenters. The van der Waals surface area contributed by atoms with E-state index in [1.807, 2.05) is 24.3 Å². The summed E-state index contributed by atoms with van der Waals surface area (Å²) < 4.78 is 10.5. The average molecular weight is 316 g/mol. The van der Waals surface area contributed by atoms with Crippen molar-refractivity contribution in [3.05, 3.63) is 59.9 Å². The van der Waals surface area contributed by atoms with Crippen LogP contribution in [0.3, 0.4) is 0 Å². The van der Waals surface area contributed by atoms with E-state index in [1.54, 1.807) is 31.6 Å². The lowest BCUT2D eigenvalue weighted by Crippen LogP contribution is -2.34. The van der Waals surface area contributed by atoms with Crippen molar-refractivity contribution in [3.8, 4) is 5.75 Å². The number of aliphatic hydroxyl groups is 1. The van der Waals surface area contributed by atoms with Crippen LogP contribution in [0.2, 0.25) is 0 Å². The molecule has 0 saturated carbocycles. The molecule has 0 bridgehead atoms. The predicted molar refractivity (Wildman–Crippen MR) is 85.2 cm³/mol. The van der Waals surface area contributed by atoms with Crippen LogP contribution in [0.15, 0.2) is 48.8 Å². The second-order valence-electron chi connectivity index (χ2n) is 4.96.